The van der Waals surface area contributed by atoms with Gasteiger partial charge in [-0.15, -0.1) is 0 Å². The van der Waals surface area contributed by atoms with E-state index in [-0.39, 0.29) is 24.2 Å². The minimum absolute atomic E-state index is 0.150. The molecule has 2 saturated heterocycles. The number of nitrogens with one attached hydrogen (secondary N) is 1. The van der Waals surface area contributed by atoms with E-state index in [1.165, 1.54) is 0 Å². The van der Waals surface area contributed by atoms with E-state index >= 15 is 0 Å². The molecule has 8 heteroatoms. The molecule has 7 nitrogen and oxygen atoms in total. The molecule has 3 heterocycles. The highest BCUT2D eigenvalue weighted by Crippen LogP contribution is 2.37. The molecule has 4 rings (SSSR count). The van der Waals surface area contributed by atoms with Crippen molar-refractivity contribution in [2.24, 2.45) is 0 Å². The van der Waals surface area contributed by atoms with Gasteiger partial charge in [-0.2, -0.15) is 0 Å². The largest absolute Gasteiger partial charge is 0.444 e. The predicted octanol–water partition coefficient (Wildman–Crippen LogP) is 5.29. The maximum atomic E-state index is 12.8. The number of carbonyl (C=O) groups excluding carboxylic acids is 1. The van der Waals surface area contributed by atoms with Crippen molar-refractivity contribution in [3.05, 3.63) is 52.3 Å². The number of benzene rings is 1. The highest BCUT2D eigenvalue weighted by Gasteiger charge is 2.45. The Morgan fingerprint density at radius 1 is 1.12 bits per heavy atom. The minimum atomic E-state index is -1.09. The number of hydrogen-bond donors (Lipinski definition) is 2. The van der Waals surface area contributed by atoms with Gasteiger partial charge in [0.25, 0.3) is 0 Å². The summed E-state index contributed by atoms with van der Waals surface area (Å²) in [6, 6.07) is 9.99. The Kier molecular flexibility index (Phi) is 6.80. The molecule has 2 aromatic rings. The van der Waals surface area contributed by atoms with E-state index in [4.69, 9.17) is 21.3 Å². The van der Waals surface area contributed by atoms with Crippen molar-refractivity contribution in [2.45, 2.75) is 96.1 Å². The Bertz CT molecular complexity index is 1020. The Morgan fingerprint density at radius 2 is 1.74 bits per heavy atom. The average Bonchev–Trinajstić information content (AvgIpc) is 2.99. The predicted molar refractivity (Wildman–Crippen MR) is 133 cm³/mol. The van der Waals surface area contributed by atoms with Crippen LogP contribution in [0.4, 0.5) is 10.7 Å². The number of fused-ring (bicyclic) bond motifs is 2. The molecular weight excluding hydrogens is 452 g/mol. The lowest BCUT2D eigenvalue weighted by Crippen LogP contribution is -2.51. The Hall–Kier alpha value is -2.38. The lowest BCUT2D eigenvalue weighted by molar-refractivity contribution is 0.00679. The topological polar surface area (TPSA) is 87.6 Å². The van der Waals surface area contributed by atoms with Crippen molar-refractivity contribution in [1.29, 1.82) is 0 Å². The molecule has 2 fully saturated rings. The summed E-state index contributed by atoms with van der Waals surface area (Å²) in [5.74, 6) is 0.513. The Morgan fingerprint density at radius 3 is 2.29 bits per heavy atom. The highest BCUT2D eigenvalue weighted by molar-refractivity contribution is 6.30. The number of aromatic nitrogens is 2. The number of halogens is 1. The van der Waals surface area contributed by atoms with Crippen LogP contribution in [-0.4, -0.2) is 49.8 Å². The first-order chi connectivity index (χ1) is 15.9. The quantitative estimate of drug-likeness (QED) is 0.597. The normalized spacial score (nSPS) is 22.6. The number of piperidine rings is 1. The molecular formula is C26H35ClN4O3. The van der Waals surface area contributed by atoms with Crippen LogP contribution >= 0.6 is 11.6 Å². The highest BCUT2D eigenvalue weighted by atomic mass is 35.5. The monoisotopic (exact) mass is 486 g/mol. The van der Waals surface area contributed by atoms with Gasteiger partial charge in [-0.3, -0.25) is 0 Å². The molecule has 34 heavy (non-hydrogen) atoms. The van der Waals surface area contributed by atoms with E-state index in [0.29, 0.717) is 23.1 Å². The van der Waals surface area contributed by atoms with E-state index in [9.17, 15) is 9.90 Å². The second-order valence-corrected chi connectivity index (χ2v) is 11.5. The lowest BCUT2D eigenvalue weighted by atomic mass is 9.98. The Balaban J connectivity index is 1.50. The van der Waals surface area contributed by atoms with Gasteiger partial charge in [-0.1, -0.05) is 23.7 Å². The van der Waals surface area contributed by atoms with Crippen LogP contribution < -0.4 is 5.32 Å². The van der Waals surface area contributed by atoms with E-state index in [0.717, 1.165) is 36.9 Å². The number of ether oxygens (including phenoxy) is 1. The van der Waals surface area contributed by atoms with Gasteiger partial charge in [-0.25, -0.2) is 14.8 Å². The third-order valence-electron chi connectivity index (χ3n) is 6.38. The fourth-order valence-corrected chi connectivity index (χ4v) is 4.99. The third kappa shape index (κ3) is 5.99. The van der Waals surface area contributed by atoms with Crippen molar-refractivity contribution < 1.29 is 14.6 Å². The summed E-state index contributed by atoms with van der Waals surface area (Å²) in [6.45, 7) is 9.15. The summed E-state index contributed by atoms with van der Waals surface area (Å²) in [5, 5.41) is 14.8. The summed E-state index contributed by atoms with van der Waals surface area (Å²) >= 11 is 6.02. The summed E-state index contributed by atoms with van der Waals surface area (Å²) in [7, 11) is 0. The molecule has 0 spiro atoms. The molecule has 0 unspecified atom stereocenters. The number of nitrogens with zero attached hydrogens (tertiary/aromatic N) is 3. The van der Waals surface area contributed by atoms with E-state index in [1.807, 2.05) is 56.0 Å². The third-order valence-corrected chi connectivity index (χ3v) is 6.63. The number of anilines is 1. The van der Waals surface area contributed by atoms with E-state index in [2.05, 4.69) is 10.3 Å². The first kappa shape index (κ1) is 24.7. The number of aliphatic hydroxyl groups is 1. The van der Waals surface area contributed by atoms with Crippen LogP contribution in [0.2, 0.25) is 5.02 Å². The van der Waals surface area contributed by atoms with Crippen molar-refractivity contribution in [3.8, 4) is 0 Å². The number of hydrogen-bond acceptors (Lipinski definition) is 6. The van der Waals surface area contributed by atoms with Gasteiger partial charge in [0.1, 0.15) is 11.2 Å². The molecule has 184 valence electrons. The van der Waals surface area contributed by atoms with Gasteiger partial charge in [0.05, 0.1) is 11.4 Å². The first-order valence-electron chi connectivity index (χ1n) is 12.0. The van der Waals surface area contributed by atoms with Crippen LogP contribution in [-0.2, 0) is 16.8 Å². The zero-order chi connectivity index (χ0) is 24.7. The van der Waals surface area contributed by atoms with Gasteiger partial charge in [-0.05, 0) is 84.1 Å². The molecule has 2 aliphatic heterocycles. The molecule has 2 aliphatic rings. The number of amides is 1. The fraction of sp³-hybridized carbons (Fsp3) is 0.577. The molecule has 3 atom stereocenters. The molecule has 0 aliphatic carbocycles. The van der Waals surface area contributed by atoms with Gasteiger partial charge in [0.15, 0.2) is 0 Å². The number of rotatable bonds is 5. The van der Waals surface area contributed by atoms with Crippen molar-refractivity contribution in [1.82, 2.24) is 14.9 Å². The van der Waals surface area contributed by atoms with Gasteiger partial charge in [0.2, 0.25) is 5.95 Å². The van der Waals surface area contributed by atoms with E-state index < -0.39 is 11.2 Å². The lowest BCUT2D eigenvalue weighted by Gasteiger charge is -2.39. The zero-order valence-electron chi connectivity index (χ0n) is 20.6. The van der Waals surface area contributed by atoms with Crippen LogP contribution in [0.25, 0.3) is 0 Å². The molecule has 0 radical (unpaired) electrons. The fourth-order valence-electron chi connectivity index (χ4n) is 4.87. The second kappa shape index (κ2) is 9.34. The van der Waals surface area contributed by atoms with Crippen LogP contribution in [0.5, 0.6) is 0 Å². The SMILES string of the molecule is CC(C)(C)OC(=O)N1[C@@H]2CC[C@H]1C[C@@H](Nc1nc(Cc3ccc(Cl)cc3)cc(C(C)(C)O)n1)C2. The first-order valence-corrected chi connectivity index (χ1v) is 12.4. The molecule has 2 bridgehead atoms. The second-order valence-electron chi connectivity index (χ2n) is 11.0. The molecule has 1 amide bonds. The summed E-state index contributed by atoms with van der Waals surface area (Å²) in [4.78, 5) is 24.1. The van der Waals surface area contributed by atoms with Crippen LogP contribution in [0.1, 0.15) is 77.3 Å². The molecule has 0 saturated carbocycles. The minimum Gasteiger partial charge on any atom is -0.444 e. The molecule has 1 aromatic carbocycles. The maximum absolute atomic E-state index is 12.8. The molecule has 1 aromatic heterocycles. The maximum Gasteiger partial charge on any atom is 0.410 e. The van der Waals surface area contributed by atoms with Crippen LogP contribution in [0, 0.1) is 0 Å². The van der Waals surface area contributed by atoms with Gasteiger partial charge in [0, 0.05) is 29.6 Å². The van der Waals surface area contributed by atoms with Crippen molar-refractivity contribution in [2.75, 3.05) is 5.32 Å². The number of carbonyl (C=O) groups is 1. The average molecular weight is 487 g/mol. The zero-order valence-corrected chi connectivity index (χ0v) is 21.4. The van der Waals surface area contributed by atoms with Crippen molar-refractivity contribution in [3.63, 3.8) is 0 Å². The standard InChI is InChI=1S/C26H35ClN4O3/c1-25(2,3)34-24(32)31-20-10-11-21(31)14-19(13-20)29-23-28-18(15-22(30-23)26(4,5)33)12-16-6-8-17(27)9-7-16/h6-9,15,19-21,33H,10-14H2,1-5H3,(H,28,29,30)/t19-,20+,21-. The van der Waals surface area contributed by atoms with Crippen molar-refractivity contribution >= 4 is 23.6 Å². The van der Waals surface area contributed by atoms with Gasteiger partial charge >= 0.3 is 6.09 Å². The van der Waals surface area contributed by atoms with E-state index in [1.54, 1.807) is 13.8 Å². The van der Waals surface area contributed by atoms with Crippen LogP contribution in [0.15, 0.2) is 30.3 Å². The smallest absolute Gasteiger partial charge is 0.410 e. The summed E-state index contributed by atoms with van der Waals surface area (Å²) < 4.78 is 5.65. The van der Waals surface area contributed by atoms with Gasteiger partial charge < -0.3 is 20.1 Å². The summed E-state index contributed by atoms with van der Waals surface area (Å²) in [6.07, 6.45) is 3.99. The Labute approximate surface area is 206 Å². The van der Waals surface area contributed by atoms with Crippen LogP contribution in [0.3, 0.4) is 0 Å². The summed E-state index contributed by atoms with van der Waals surface area (Å²) in [5.41, 5.74) is 0.888. The molecule has 2 N–H and O–H groups in total.